The highest BCUT2D eigenvalue weighted by molar-refractivity contribution is 7.90. The van der Waals surface area contributed by atoms with Crippen LogP contribution in [0.25, 0.3) is 22.0 Å². The summed E-state index contributed by atoms with van der Waals surface area (Å²) < 4.78 is 88.7. The molecular formula is C30H22F4N2O4S. The zero-order valence-electron chi connectivity index (χ0n) is 21.4. The lowest BCUT2D eigenvalue weighted by Gasteiger charge is -2.15. The predicted octanol–water partition coefficient (Wildman–Crippen LogP) is 6.64. The van der Waals surface area contributed by atoms with Crippen LogP contribution in [0.5, 0.6) is 5.75 Å². The molecule has 11 heteroatoms. The van der Waals surface area contributed by atoms with E-state index in [2.05, 4.69) is 0 Å². The Hall–Kier alpha value is -4.64. The first kappa shape index (κ1) is 27.9. The summed E-state index contributed by atoms with van der Waals surface area (Å²) >= 11 is 0. The number of sulfonamides is 1. The highest BCUT2D eigenvalue weighted by Gasteiger charge is 2.31. The molecule has 0 saturated heterocycles. The van der Waals surface area contributed by atoms with Crippen molar-refractivity contribution in [1.82, 2.24) is 9.29 Å². The molecule has 1 heterocycles. The first-order valence-electron chi connectivity index (χ1n) is 12.2. The van der Waals surface area contributed by atoms with Gasteiger partial charge in [0.15, 0.2) is 0 Å². The molecule has 1 aromatic heterocycles. The number of nitrogens with one attached hydrogen (secondary N) is 1. The Labute approximate surface area is 232 Å². The van der Waals surface area contributed by atoms with Gasteiger partial charge in [0, 0.05) is 23.0 Å². The topological polar surface area (TPSA) is 77.4 Å². The second-order valence-electron chi connectivity index (χ2n) is 9.14. The van der Waals surface area contributed by atoms with Crippen LogP contribution in [0, 0.1) is 5.82 Å². The van der Waals surface area contributed by atoms with E-state index in [0.29, 0.717) is 27.8 Å². The second kappa shape index (κ2) is 10.7. The minimum atomic E-state index is -4.58. The Kier molecular flexibility index (Phi) is 7.31. The fourth-order valence-electron chi connectivity index (χ4n) is 4.63. The number of aromatic nitrogens is 1. The maximum atomic E-state index is 13.8. The molecule has 0 atom stereocenters. The highest BCUT2D eigenvalue weighted by atomic mass is 32.2. The SMILES string of the molecule is COc1ccc(-c2c(C(=O)NS(=O)(=O)c3ccc(F)cc3)n(Cc3cccc(C(F)(F)F)c3)c3ccccc23)cc1. The molecule has 6 nitrogen and oxygen atoms in total. The molecule has 1 N–H and O–H groups in total. The summed E-state index contributed by atoms with van der Waals surface area (Å²) in [5.41, 5.74) is 0.736. The lowest BCUT2D eigenvalue weighted by atomic mass is 10.0. The molecule has 5 aromatic rings. The van der Waals surface area contributed by atoms with E-state index in [1.54, 1.807) is 48.5 Å². The molecule has 0 aliphatic rings. The third kappa shape index (κ3) is 5.66. The van der Waals surface area contributed by atoms with Crippen LogP contribution in [0.2, 0.25) is 0 Å². The normalized spacial score (nSPS) is 11.9. The number of fused-ring (bicyclic) bond motifs is 1. The highest BCUT2D eigenvalue weighted by Crippen LogP contribution is 2.37. The Morgan fingerprint density at radius 2 is 1.59 bits per heavy atom. The Morgan fingerprint density at radius 3 is 2.24 bits per heavy atom. The smallest absolute Gasteiger partial charge is 0.416 e. The number of amides is 1. The van der Waals surface area contributed by atoms with Crippen molar-refractivity contribution < 1.29 is 35.5 Å². The van der Waals surface area contributed by atoms with Crippen molar-refractivity contribution in [2.75, 3.05) is 7.11 Å². The number of hydrogen-bond donors (Lipinski definition) is 1. The fraction of sp³-hybridized carbons (Fsp3) is 0.100. The maximum Gasteiger partial charge on any atom is 0.416 e. The zero-order chi connectivity index (χ0) is 29.4. The van der Waals surface area contributed by atoms with Crippen LogP contribution in [0.15, 0.2) is 102 Å². The third-order valence-electron chi connectivity index (χ3n) is 6.51. The maximum absolute atomic E-state index is 13.8. The molecule has 0 fully saturated rings. The number of hydrogen-bond acceptors (Lipinski definition) is 4. The van der Waals surface area contributed by atoms with Gasteiger partial charge in [-0.1, -0.05) is 42.5 Å². The number of alkyl halides is 3. The largest absolute Gasteiger partial charge is 0.497 e. The molecule has 41 heavy (non-hydrogen) atoms. The van der Waals surface area contributed by atoms with E-state index < -0.39 is 33.5 Å². The van der Waals surface area contributed by atoms with Gasteiger partial charge in [0.1, 0.15) is 17.3 Å². The van der Waals surface area contributed by atoms with Crippen molar-refractivity contribution in [2.24, 2.45) is 0 Å². The zero-order valence-corrected chi connectivity index (χ0v) is 22.3. The Bertz CT molecular complexity index is 1850. The van der Waals surface area contributed by atoms with Crippen molar-refractivity contribution in [1.29, 1.82) is 0 Å². The monoisotopic (exact) mass is 582 g/mol. The van der Waals surface area contributed by atoms with E-state index in [1.807, 2.05) is 4.72 Å². The first-order chi connectivity index (χ1) is 19.5. The molecule has 4 aromatic carbocycles. The summed E-state index contributed by atoms with van der Waals surface area (Å²) in [6.45, 7) is -0.167. The lowest BCUT2D eigenvalue weighted by molar-refractivity contribution is -0.137. The van der Waals surface area contributed by atoms with Crippen molar-refractivity contribution in [3.63, 3.8) is 0 Å². The molecule has 0 saturated carbocycles. The van der Waals surface area contributed by atoms with Gasteiger partial charge < -0.3 is 9.30 Å². The summed E-state index contributed by atoms with van der Waals surface area (Å²) in [5, 5.41) is 0.578. The number of methoxy groups -OCH3 is 1. The summed E-state index contributed by atoms with van der Waals surface area (Å²) in [5.74, 6) is -1.12. The molecule has 0 aliphatic carbocycles. The number of carbonyl (C=O) groups excluding carboxylic acids is 1. The first-order valence-corrected chi connectivity index (χ1v) is 13.7. The number of ether oxygens (including phenoxy) is 1. The quantitative estimate of drug-likeness (QED) is 0.218. The minimum Gasteiger partial charge on any atom is -0.497 e. The molecule has 5 rings (SSSR count). The van der Waals surface area contributed by atoms with E-state index in [4.69, 9.17) is 4.74 Å². The van der Waals surface area contributed by atoms with Crippen molar-refractivity contribution in [3.8, 4) is 16.9 Å². The van der Waals surface area contributed by atoms with E-state index >= 15 is 0 Å². The second-order valence-corrected chi connectivity index (χ2v) is 10.8. The number of nitrogens with zero attached hydrogens (tertiary/aromatic N) is 1. The fourth-order valence-corrected chi connectivity index (χ4v) is 5.58. The van der Waals surface area contributed by atoms with Crippen LogP contribution < -0.4 is 9.46 Å². The number of carbonyl (C=O) groups is 1. The summed E-state index contributed by atoms with van der Waals surface area (Å²) in [6.07, 6.45) is -4.58. The van der Waals surface area contributed by atoms with Gasteiger partial charge in [0.25, 0.3) is 15.9 Å². The number of para-hydroxylation sites is 1. The van der Waals surface area contributed by atoms with Gasteiger partial charge in [-0.05, 0) is 65.7 Å². The van der Waals surface area contributed by atoms with Gasteiger partial charge in [-0.2, -0.15) is 13.2 Å². The predicted molar refractivity (Wildman–Crippen MR) is 146 cm³/mol. The van der Waals surface area contributed by atoms with E-state index in [1.165, 1.54) is 23.8 Å². The minimum absolute atomic E-state index is 0.0838. The molecule has 0 aliphatic heterocycles. The Balaban J connectivity index is 1.70. The van der Waals surface area contributed by atoms with E-state index in [9.17, 15) is 30.8 Å². The van der Waals surface area contributed by atoms with Crippen LogP contribution in [-0.2, 0) is 22.7 Å². The van der Waals surface area contributed by atoms with Gasteiger partial charge in [0.2, 0.25) is 0 Å². The average Bonchev–Trinajstić information content (AvgIpc) is 3.27. The molecule has 0 radical (unpaired) electrons. The van der Waals surface area contributed by atoms with Gasteiger partial charge in [0.05, 0.1) is 17.6 Å². The summed E-state index contributed by atoms with van der Waals surface area (Å²) in [4.78, 5) is 13.5. The van der Waals surface area contributed by atoms with Gasteiger partial charge in [-0.3, -0.25) is 4.79 Å². The molecule has 0 bridgehead atoms. The lowest BCUT2D eigenvalue weighted by Crippen LogP contribution is -2.32. The third-order valence-corrected chi connectivity index (χ3v) is 7.86. The van der Waals surface area contributed by atoms with Gasteiger partial charge in [-0.25, -0.2) is 17.5 Å². The average molecular weight is 583 g/mol. The number of benzene rings is 4. The van der Waals surface area contributed by atoms with E-state index in [0.717, 1.165) is 36.4 Å². The standard InChI is InChI=1S/C30H22F4N2O4S/c1-40-23-13-9-20(10-14-23)27-25-7-2-3-8-26(25)36(18-19-5-4-6-21(17-19)30(32,33)34)28(27)29(37)35-41(38,39)24-15-11-22(31)12-16-24/h2-17H,18H2,1H3,(H,35,37). The van der Waals surface area contributed by atoms with Crippen LogP contribution in [-0.4, -0.2) is 26.0 Å². The van der Waals surface area contributed by atoms with Crippen molar-refractivity contribution in [2.45, 2.75) is 17.6 Å². The molecule has 0 unspecified atom stereocenters. The van der Waals surface area contributed by atoms with Gasteiger partial charge >= 0.3 is 6.18 Å². The summed E-state index contributed by atoms with van der Waals surface area (Å²) in [6, 6.07) is 22.3. The van der Waals surface area contributed by atoms with Gasteiger partial charge in [-0.15, -0.1) is 0 Å². The molecule has 0 spiro atoms. The summed E-state index contributed by atoms with van der Waals surface area (Å²) in [7, 11) is -2.94. The van der Waals surface area contributed by atoms with Crippen molar-refractivity contribution >= 4 is 26.8 Å². The van der Waals surface area contributed by atoms with Crippen LogP contribution >= 0.6 is 0 Å². The van der Waals surface area contributed by atoms with Crippen LogP contribution in [0.4, 0.5) is 17.6 Å². The van der Waals surface area contributed by atoms with Crippen molar-refractivity contribution in [3.05, 3.63) is 120 Å². The van der Waals surface area contributed by atoms with Crippen LogP contribution in [0.3, 0.4) is 0 Å². The number of rotatable bonds is 7. The molecular weight excluding hydrogens is 560 g/mol. The van der Waals surface area contributed by atoms with E-state index in [-0.39, 0.29) is 22.7 Å². The molecule has 210 valence electrons. The molecule has 1 amide bonds. The van der Waals surface area contributed by atoms with Crippen LogP contribution in [0.1, 0.15) is 21.6 Å². The Morgan fingerprint density at radius 1 is 0.902 bits per heavy atom. The number of halogens is 4.